The first-order chi connectivity index (χ1) is 17.0. The van der Waals surface area contributed by atoms with Gasteiger partial charge in [0, 0.05) is 11.1 Å². The number of hydrogen-bond donors (Lipinski definition) is 2. The molecular formula is C27H27N5O3. The third-order valence-corrected chi connectivity index (χ3v) is 5.60. The monoisotopic (exact) mass is 469 g/mol. The Kier molecular flexibility index (Phi) is 7.11. The number of benzene rings is 3. The van der Waals surface area contributed by atoms with E-state index in [0.717, 1.165) is 22.4 Å². The highest BCUT2D eigenvalue weighted by Gasteiger charge is 2.31. The second-order valence-corrected chi connectivity index (χ2v) is 7.81. The number of methoxy groups -OCH3 is 1. The Bertz CT molecular complexity index is 1290. The van der Waals surface area contributed by atoms with Gasteiger partial charge in [0.05, 0.1) is 24.2 Å². The van der Waals surface area contributed by atoms with Crippen LogP contribution in [0, 0.1) is 0 Å². The van der Waals surface area contributed by atoms with Crippen molar-refractivity contribution in [1.82, 2.24) is 5.32 Å². The molecule has 0 saturated heterocycles. The standard InChI is InChI=1S/C27H27N5O3/c1-18-26(30-27(33)35-17-20-11-5-4-6-12-20)29-25(22-14-8-10-16-24(22)34-3)21-13-7-9-15-23(21)32(18)19(2)31-28/h4-16,26H,1,17,28H2,2-3H3,(H,30,33)/b31-19-. The molecule has 1 heterocycles. The van der Waals surface area contributed by atoms with Crippen molar-refractivity contribution in [2.24, 2.45) is 15.9 Å². The second-order valence-electron chi connectivity index (χ2n) is 7.81. The minimum atomic E-state index is -0.859. The molecule has 8 heteroatoms. The van der Waals surface area contributed by atoms with Crippen LogP contribution in [0.4, 0.5) is 10.5 Å². The third kappa shape index (κ3) is 5.01. The SMILES string of the molecule is C=C1C(NC(=O)OCc2ccccc2)N=C(c2ccccc2OC)c2ccccc2N1/C(C)=N\N. The van der Waals surface area contributed by atoms with Gasteiger partial charge in [-0.2, -0.15) is 5.10 Å². The minimum Gasteiger partial charge on any atom is -0.496 e. The smallest absolute Gasteiger partial charge is 0.409 e. The topological polar surface area (TPSA) is 102 Å². The molecule has 3 aromatic rings. The van der Waals surface area contributed by atoms with Crippen molar-refractivity contribution in [1.29, 1.82) is 0 Å². The summed E-state index contributed by atoms with van der Waals surface area (Å²) in [7, 11) is 1.61. The fourth-order valence-electron chi connectivity index (χ4n) is 3.91. The van der Waals surface area contributed by atoms with Gasteiger partial charge >= 0.3 is 6.09 Å². The first-order valence-corrected chi connectivity index (χ1v) is 11.0. The van der Waals surface area contributed by atoms with E-state index in [1.54, 1.807) is 18.9 Å². The zero-order chi connectivity index (χ0) is 24.8. The van der Waals surface area contributed by atoms with E-state index in [0.29, 0.717) is 23.0 Å². The van der Waals surface area contributed by atoms with Gasteiger partial charge in [-0.25, -0.2) is 4.79 Å². The number of amides is 1. The Morgan fingerprint density at radius 1 is 1.06 bits per heavy atom. The summed E-state index contributed by atoms with van der Waals surface area (Å²) < 4.78 is 11.1. The van der Waals surface area contributed by atoms with E-state index in [1.807, 2.05) is 78.9 Å². The molecular weight excluding hydrogens is 442 g/mol. The fourth-order valence-corrected chi connectivity index (χ4v) is 3.91. The van der Waals surface area contributed by atoms with Crippen molar-refractivity contribution in [2.75, 3.05) is 12.0 Å². The van der Waals surface area contributed by atoms with E-state index in [-0.39, 0.29) is 6.61 Å². The molecule has 3 N–H and O–H groups in total. The number of alkyl carbamates (subject to hydrolysis) is 1. The van der Waals surface area contributed by atoms with Gasteiger partial charge < -0.3 is 15.3 Å². The molecule has 0 radical (unpaired) electrons. The van der Waals surface area contributed by atoms with E-state index >= 15 is 0 Å². The quantitative estimate of drug-likeness (QED) is 0.249. The maximum absolute atomic E-state index is 12.8. The van der Waals surface area contributed by atoms with Crippen molar-refractivity contribution in [3.05, 3.63) is 108 Å². The molecule has 1 aliphatic heterocycles. The van der Waals surface area contributed by atoms with E-state index in [9.17, 15) is 4.79 Å². The molecule has 8 nitrogen and oxygen atoms in total. The number of rotatable bonds is 5. The predicted octanol–water partition coefficient (Wildman–Crippen LogP) is 4.41. The minimum absolute atomic E-state index is 0.127. The number of carbonyl (C=O) groups is 1. The molecule has 0 bridgehead atoms. The largest absolute Gasteiger partial charge is 0.496 e. The summed E-state index contributed by atoms with van der Waals surface area (Å²) in [4.78, 5) is 19.5. The molecule has 3 aromatic carbocycles. The summed E-state index contributed by atoms with van der Waals surface area (Å²) in [5.41, 5.74) is 4.31. The number of amidine groups is 1. The molecule has 0 fully saturated rings. The van der Waals surface area contributed by atoms with Gasteiger partial charge in [-0.15, -0.1) is 0 Å². The molecule has 1 aliphatic rings. The summed E-state index contributed by atoms with van der Waals surface area (Å²) >= 11 is 0. The number of ether oxygens (including phenoxy) is 2. The number of nitrogens with zero attached hydrogens (tertiary/aromatic N) is 3. The van der Waals surface area contributed by atoms with Crippen molar-refractivity contribution < 1.29 is 14.3 Å². The summed E-state index contributed by atoms with van der Waals surface area (Å²) in [5, 5.41) is 6.72. The number of nitrogens with two attached hydrogens (primary N) is 1. The lowest BCUT2D eigenvalue weighted by Crippen LogP contribution is -2.42. The number of anilines is 1. The molecule has 0 aliphatic carbocycles. The average molecular weight is 470 g/mol. The summed E-state index contributed by atoms with van der Waals surface area (Å²) in [6.45, 7) is 6.12. The lowest BCUT2D eigenvalue weighted by atomic mass is 9.99. The van der Waals surface area contributed by atoms with E-state index in [1.165, 1.54) is 0 Å². The Balaban J connectivity index is 1.76. The Hall–Kier alpha value is -4.59. The van der Waals surface area contributed by atoms with Gasteiger partial charge in [-0.3, -0.25) is 15.2 Å². The van der Waals surface area contributed by atoms with Gasteiger partial charge in [0.15, 0.2) is 6.17 Å². The van der Waals surface area contributed by atoms with Crippen molar-refractivity contribution in [3.63, 3.8) is 0 Å². The van der Waals surface area contributed by atoms with Crippen LogP contribution < -0.4 is 20.8 Å². The van der Waals surface area contributed by atoms with Gasteiger partial charge in [0.25, 0.3) is 0 Å². The zero-order valence-corrected chi connectivity index (χ0v) is 19.6. The van der Waals surface area contributed by atoms with Crippen molar-refractivity contribution in [3.8, 4) is 5.75 Å². The Morgan fingerprint density at radius 3 is 2.43 bits per heavy atom. The van der Waals surface area contributed by atoms with Crippen LogP contribution >= 0.6 is 0 Å². The Labute approximate surface area is 204 Å². The lowest BCUT2D eigenvalue weighted by molar-refractivity contribution is 0.137. The summed E-state index contributed by atoms with van der Waals surface area (Å²) in [6.07, 6.45) is -1.49. The number of para-hydroxylation sites is 2. The molecule has 0 spiro atoms. The highest BCUT2D eigenvalue weighted by molar-refractivity contribution is 6.20. The van der Waals surface area contributed by atoms with Crippen LogP contribution in [-0.4, -0.2) is 30.9 Å². The van der Waals surface area contributed by atoms with Crippen LogP contribution in [0.5, 0.6) is 5.75 Å². The molecule has 0 aromatic heterocycles. The maximum atomic E-state index is 12.8. The molecule has 35 heavy (non-hydrogen) atoms. The average Bonchev–Trinajstić information content (AvgIpc) is 3.02. The predicted molar refractivity (Wildman–Crippen MR) is 138 cm³/mol. The highest BCUT2D eigenvalue weighted by atomic mass is 16.5. The lowest BCUT2D eigenvalue weighted by Gasteiger charge is -2.28. The van der Waals surface area contributed by atoms with Crippen LogP contribution in [0.15, 0.2) is 101 Å². The number of benzodiazepines with no additional fused rings is 1. The number of fused-ring (bicyclic) bond motifs is 1. The first-order valence-electron chi connectivity index (χ1n) is 11.0. The molecule has 1 atom stereocenters. The van der Waals surface area contributed by atoms with Crippen LogP contribution in [0.3, 0.4) is 0 Å². The fraction of sp³-hybridized carbons (Fsp3) is 0.148. The van der Waals surface area contributed by atoms with Crippen molar-refractivity contribution in [2.45, 2.75) is 19.7 Å². The summed E-state index contributed by atoms with van der Waals surface area (Å²) in [6, 6.07) is 24.7. The van der Waals surface area contributed by atoms with Crippen LogP contribution in [0.25, 0.3) is 0 Å². The highest BCUT2D eigenvalue weighted by Crippen LogP contribution is 2.34. The third-order valence-electron chi connectivity index (χ3n) is 5.60. The molecule has 1 unspecified atom stereocenters. The van der Waals surface area contributed by atoms with E-state index in [4.69, 9.17) is 20.3 Å². The normalized spacial score (nSPS) is 15.5. The molecule has 4 rings (SSSR count). The van der Waals surface area contributed by atoms with Crippen LogP contribution in [0.2, 0.25) is 0 Å². The number of hydrogen-bond acceptors (Lipinski definition) is 6. The van der Waals surface area contributed by atoms with E-state index in [2.05, 4.69) is 17.0 Å². The second kappa shape index (κ2) is 10.6. The summed E-state index contributed by atoms with van der Waals surface area (Å²) in [5.74, 6) is 6.80. The molecule has 1 amide bonds. The van der Waals surface area contributed by atoms with Gasteiger partial charge in [-0.05, 0) is 30.7 Å². The number of nitrogens with one attached hydrogen (secondary N) is 1. The number of carbonyl (C=O) groups excluding carboxylic acids is 1. The van der Waals surface area contributed by atoms with Gasteiger partial charge in [0.1, 0.15) is 18.2 Å². The van der Waals surface area contributed by atoms with Crippen molar-refractivity contribution >= 4 is 23.3 Å². The van der Waals surface area contributed by atoms with E-state index < -0.39 is 12.3 Å². The Morgan fingerprint density at radius 2 is 1.71 bits per heavy atom. The van der Waals surface area contributed by atoms with Crippen LogP contribution in [-0.2, 0) is 11.3 Å². The van der Waals surface area contributed by atoms with Gasteiger partial charge in [0.2, 0.25) is 0 Å². The maximum Gasteiger partial charge on any atom is 0.409 e. The zero-order valence-electron chi connectivity index (χ0n) is 19.6. The number of aliphatic imine (C=N–C) groups is 1. The number of hydrazone groups is 1. The first kappa shape index (κ1) is 23.6. The van der Waals surface area contributed by atoms with Crippen LogP contribution in [0.1, 0.15) is 23.6 Å². The molecule has 178 valence electrons. The van der Waals surface area contributed by atoms with Gasteiger partial charge in [-0.1, -0.05) is 67.2 Å². The molecule has 0 saturated carbocycles.